The summed E-state index contributed by atoms with van der Waals surface area (Å²) in [6, 6.07) is 7.81. The van der Waals surface area contributed by atoms with E-state index in [-0.39, 0.29) is 4.90 Å². The number of methoxy groups -OCH3 is 2. The molecule has 0 amide bonds. The molecule has 8 heteroatoms. The largest absolute Gasteiger partial charge is 0.493 e. The van der Waals surface area contributed by atoms with Gasteiger partial charge in [0.15, 0.2) is 23.0 Å². The molecular formula is C17H19NO6S. The average molecular weight is 365 g/mol. The van der Waals surface area contributed by atoms with Crippen LogP contribution in [0.2, 0.25) is 0 Å². The molecule has 2 aromatic rings. The van der Waals surface area contributed by atoms with E-state index in [1.165, 1.54) is 26.4 Å². The third-order valence-corrected chi connectivity index (χ3v) is 5.16. The summed E-state index contributed by atoms with van der Waals surface area (Å²) in [5.41, 5.74) is 1.12. The first kappa shape index (κ1) is 17.2. The second-order valence-corrected chi connectivity index (χ2v) is 7.12. The van der Waals surface area contributed by atoms with E-state index in [9.17, 15) is 8.42 Å². The highest BCUT2D eigenvalue weighted by molar-refractivity contribution is 7.92. The topological polar surface area (TPSA) is 83.1 Å². The molecule has 0 aliphatic carbocycles. The number of fused-ring (bicyclic) bond motifs is 1. The fourth-order valence-corrected chi connectivity index (χ4v) is 3.62. The van der Waals surface area contributed by atoms with Crippen molar-refractivity contribution in [2.45, 2.75) is 11.8 Å². The first-order valence-corrected chi connectivity index (χ1v) is 9.08. The van der Waals surface area contributed by atoms with E-state index in [1.807, 2.05) is 0 Å². The SMILES string of the molecule is COc1cc(C)c(NS(=O)(=O)c2ccc3c(c2)OCCO3)cc1OC. The molecule has 0 saturated heterocycles. The summed E-state index contributed by atoms with van der Waals surface area (Å²) >= 11 is 0. The Morgan fingerprint density at radius 2 is 1.60 bits per heavy atom. The fourth-order valence-electron chi connectivity index (χ4n) is 2.49. The van der Waals surface area contributed by atoms with Crippen molar-refractivity contribution in [3.05, 3.63) is 35.9 Å². The summed E-state index contributed by atoms with van der Waals surface area (Å²) in [6.45, 7) is 2.62. The van der Waals surface area contributed by atoms with Crippen LogP contribution in [0.3, 0.4) is 0 Å². The minimum atomic E-state index is -3.80. The number of hydrogen-bond donors (Lipinski definition) is 1. The van der Waals surface area contributed by atoms with Gasteiger partial charge in [-0.1, -0.05) is 0 Å². The molecule has 1 aliphatic heterocycles. The van der Waals surface area contributed by atoms with Crippen LogP contribution in [-0.4, -0.2) is 35.9 Å². The summed E-state index contributed by atoms with van der Waals surface area (Å²) in [5.74, 6) is 1.92. The van der Waals surface area contributed by atoms with Crippen molar-refractivity contribution in [2.24, 2.45) is 0 Å². The van der Waals surface area contributed by atoms with E-state index < -0.39 is 10.0 Å². The van der Waals surface area contributed by atoms with Gasteiger partial charge in [-0.15, -0.1) is 0 Å². The fraction of sp³-hybridized carbons (Fsp3) is 0.294. The minimum absolute atomic E-state index is 0.0888. The van der Waals surface area contributed by atoms with Crippen molar-refractivity contribution in [1.29, 1.82) is 0 Å². The summed E-state index contributed by atoms with van der Waals surface area (Å²) in [7, 11) is -0.779. The molecular weight excluding hydrogens is 346 g/mol. The molecule has 3 rings (SSSR count). The quantitative estimate of drug-likeness (QED) is 0.877. The maximum absolute atomic E-state index is 12.7. The Bertz CT molecular complexity index is 894. The zero-order valence-corrected chi connectivity index (χ0v) is 15.0. The van der Waals surface area contributed by atoms with Gasteiger partial charge < -0.3 is 18.9 Å². The summed E-state index contributed by atoms with van der Waals surface area (Å²) < 4.78 is 49.3. The van der Waals surface area contributed by atoms with Gasteiger partial charge in [0.25, 0.3) is 10.0 Å². The molecule has 0 aromatic heterocycles. The third-order valence-electron chi connectivity index (χ3n) is 3.80. The van der Waals surface area contributed by atoms with Crippen LogP contribution in [0.15, 0.2) is 35.2 Å². The molecule has 0 atom stereocenters. The van der Waals surface area contributed by atoms with Crippen molar-refractivity contribution >= 4 is 15.7 Å². The van der Waals surface area contributed by atoms with Crippen LogP contribution >= 0.6 is 0 Å². The Balaban J connectivity index is 1.94. The number of sulfonamides is 1. The van der Waals surface area contributed by atoms with Crippen molar-refractivity contribution in [3.8, 4) is 23.0 Å². The lowest BCUT2D eigenvalue weighted by molar-refractivity contribution is 0.171. The number of hydrogen-bond acceptors (Lipinski definition) is 6. The number of nitrogens with one attached hydrogen (secondary N) is 1. The molecule has 0 bridgehead atoms. The van der Waals surface area contributed by atoms with Gasteiger partial charge in [0.2, 0.25) is 0 Å². The van der Waals surface area contributed by atoms with Crippen LogP contribution in [0.1, 0.15) is 5.56 Å². The van der Waals surface area contributed by atoms with Crippen LogP contribution in [0, 0.1) is 6.92 Å². The normalized spacial score (nSPS) is 13.2. The zero-order valence-electron chi connectivity index (χ0n) is 14.2. The van der Waals surface area contributed by atoms with Gasteiger partial charge in [-0.05, 0) is 30.7 Å². The first-order valence-electron chi connectivity index (χ1n) is 7.59. The molecule has 1 heterocycles. The van der Waals surface area contributed by atoms with Crippen molar-refractivity contribution < 1.29 is 27.4 Å². The Labute approximate surface area is 146 Å². The van der Waals surface area contributed by atoms with Gasteiger partial charge in [-0.2, -0.15) is 0 Å². The van der Waals surface area contributed by atoms with Crippen molar-refractivity contribution in [3.63, 3.8) is 0 Å². The monoisotopic (exact) mass is 365 g/mol. The van der Waals surface area contributed by atoms with Gasteiger partial charge in [0.1, 0.15) is 13.2 Å². The Morgan fingerprint density at radius 3 is 2.28 bits per heavy atom. The highest BCUT2D eigenvalue weighted by atomic mass is 32.2. The van der Waals surface area contributed by atoms with E-state index in [0.717, 1.165) is 0 Å². The molecule has 134 valence electrons. The van der Waals surface area contributed by atoms with Crippen molar-refractivity contribution in [2.75, 3.05) is 32.2 Å². The highest BCUT2D eigenvalue weighted by Gasteiger charge is 2.21. The number of ether oxygens (including phenoxy) is 4. The molecule has 25 heavy (non-hydrogen) atoms. The third kappa shape index (κ3) is 3.43. The summed E-state index contributed by atoms with van der Waals surface area (Å²) in [6.07, 6.45) is 0. The molecule has 1 N–H and O–H groups in total. The van der Waals surface area contributed by atoms with Gasteiger partial charge in [-0.25, -0.2) is 8.42 Å². The minimum Gasteiger partial charge on any atom is -0.493 e. The Morgan fingerprint density at radius 1 is 0.960 bits per heavy atom. The van der Waals surface area contributed by atoms with Crippen LogP contribution in [-0.2, 0) is 10.0 Å². The summed E-state index contributed by atoms with van der Waals surface area (Å²) in [5, 5.41) is 0. The van der Waals surface area contributed by atoms with Gasteiger partial charge >= 0.3 is 0 Å². The lowest BCUT2D eigenvalue weighted by Gasteiger charge is -2.19. The van der Waals surface area contributed by atoms with Crippen LogP contribution in [0.25, 0.3) is 0 Å². The molecule has 1 aliphatic rings. The maximum atomic E-state index is 12.7. The molecule has 0 radical (unpaired) electrons. The van der Waals surface area contributed by atoms with E-state index in [1.54, 1.807) is 25.1 Å². The molecule has 7 nitrogen and oxygen atoms in total. The van der Waals surface area contributed by atoms with Crippen LogP contribution in [0.4, 0.5) is 5.69 Å². The van der Waals surface area contributed by atoms with E-state index >= 15 is 0 Å². The van der Waals surface area contributed by atoms with Crippen molar-refractivity contribution in [1.82, 2.24) is 0 Å². The van der Waals surface area contributed by atoms with Gasteiger partial charge in [0, 0.05) is 12.1 Å². The smallest absolute Gasteiger partial charge is 0.262 e. The zero-order chi connectivity index (χ0) is 18.0. The Hall–Kier alpha value is -2.61. The second kappa shape index (κ2) is 6.72. The highest BCUT2D eigenvalue weighted by Crippen LogP contribution is 2.35. The van der Waals surface area contributed by atoms with Gasteiger partial charge in [-0.3, -0.25) is 4.72 Å². The first-order chi connectivity index (χ1) is 11.9. The molecule has 0 fully saturated rings. The lowest BCUT2D eigenvalue weighted by Crippen LogP contribution is -2.17. The van der Waals surface area contributed by atoms with E-state index in [0.29, 0.717) is 47.5 Å². The molecule has 0 spiro atoms. The van der Waals surface area contributed by atoms with Gasteiger partial charge in [0.05, 0.1) is 24.8 Å². The number of anilines is 1. The maximum Gasteiger partial charge on any atom is 0.262 e. The molecule has 0 unspecified atom stereocenters. The average Bonchev–Trinajstić information content (AvgIpc) is 2.62. The van der Waals surface area contributed by atoms with Crippen LogP contribution in [0.5, 0.6) is 23.0 Å². The Kier molecular flexibility index (Phi) is 4.63. The number of benzene rings is 2. The molecule has 2 aromatic carbocycles. The standard InChI is InChI=1S/C17H19NO6S/c1-11-8-15(21-2)16(22-3)10-13(11)18-25(19,20)12-4-5-14-17(9-12)24-7-6-23-14/h4-5,8-10,18H,6-7H2,1-3H3. The van der Waals surface area contributed by atoms with E-state index in [4.69, 9.17) is 18.9 Å². The predicted octanol–water partition coefficient (Wildman–Crippen LogP) is 2.58. The number of rotatable bonds is 5. The molecule has 0 saturated carbocycles. The lowest BCUT2D eigenvalue weighted by atomic mass is 10.2. The predicted molar refractivity (Wildman–Crippen MR) is 92.5 cm³/mol. The summed E-state index contributed by atoms with van der Waals surface area (Å²) in [4.78, 5) is 0.0888. The second-order valence-electron chi connectivity index (χ2n) is 5.43. The van der Waals surface area contributed by atoms with Crippen LogP contribution < -0.4 is 23.7 Å². The van der Waals surface area contributed by atoms with E-state index in [2.05, 4.69) is 4.72 Å². The number of aryl methyl sites for hydroxylation is 1.